The number of nitrogens with two attached hydrogens (primary N) is 1. The van der Waals surface area contributed by atoms with Gasteiger partial charge < -0.3 is 9.88 Å². The van der Waals surface area contributed by atoms with Gasteiger partial charge >= 0.3 is 0 Å². The number of rotatable bonds is 4. The maximum absolute atomic E-state index is 5.45. The zero-order valence-electron chi connectivity index (χ0n) is 10.9. The van der Waals surface area contributed by atoms with Crippen LogP contribution in [0.5, 0.6) is 0 Å². The van der Waals surface area contributed by atoms with Crippen LogP contribution in [0, 0.1) is 0 Å². The van der Waals surface area contributed by atoms with Gasteiger partial charge in [0, 0.05) is 38.1 Å². The van der Waals surface area contributed by atoms with E-state index in [4.69, 9.17) is 5.84 Å². The number of nitrogens with one attached hydrogen (secondary N) is 2. The fourth-order valence-electron chi connectivity index (χ4n) is 1.68. The Hall–Kier alpha value is -2.34. The third-order valence-electron chi connectivity index (χ3n) is 2.70. The molecule has 6 heteroatoms. The molecule has 1 heterocycles. The number of guanidine groups is 1. The van der Waals surface area contributed by atoms with Crippen LogP contribution >= 0.6 is 0 Å². The van der Waals surface area contributed by atoms with Crippen molar-refractivity contribution >= 4 is 11.6 Å². The molecule has 0 aliphatic carbocycles. The van der Waals surface area contributed by atoms with Crippen LogP contribution in [0.2, 0.25) is 0 Å². The SMILES string of the molecule is Cn1ccnc1CCN=C(NN)Nc1ccccc1. The van der Waals surface area contributed by atoms with Crippen LogP contribution in [0.3, 0.4) is 0 Å². The number of hydrazine groups is 1. The lowest BCUT2D eigenvalue weighted by Crippen LogP contribution is -2.36. The van der Waals surface area contributed by atoms with E-state index in [9.17, 15) is 0 Å². The molecule has 0 aliphatic heterocycles. The second kappa shape index (κ2) is 6.55. The van der Waals surface area contributed by atoms with Crippen LogP contribution in [0.25, 0.3) is 0 Å². The van der Waals surface area contributed by atoms with Crippen molar-refractivity contribution in [1.82, 2.24) is 15.0 Å². The van der Waals surface area contributed by atoms with Gasteiger partial charge in [-0.1, -0.05) is 18.2 Å². The molecule has 0 spiro atoms. The van der Waals surface area contributed by atoms with Gasteiger partial charge in [-0.2, -0.15) is 0 Å². The maximum atomic E-state index is 5.45. The Bertz CT molecular complexity index is 531. The Balaban J connectivity index is 1.91. The molecule has 1 aromatic heterocycles. The van der Waals surface area contributed by atoms with E-state index < -0.39 is 0 Å². The van der Waals surface area contributed by atoms with Crippen LogP contribution in [0.15, 0.2) is 47.7 Å². The second-order valence-corrected chi connectivity index (χ2v) is 4.07. The van der Waals surface area contributed by atoms with E-state index in [0.29, 0.717) is 12.5 Å². The lowest BCUT2D eigenvalue weighted by Gasteiger charge is -2.08. The van der Waals surface area contributed by atoms with Crippen molar-refractivity contribution in [2.75, 3.05) is 11.9 Å². The van der Waals surface area contributed by atoms with E-state index in [1.807, 2.05) is 48.1 Å². The zero-order valence-corrected chi connectivity index (χ0v) is 10.9. The van der Waals surface area contributed by atoms with Gasteiger partial charge in [0.15, 0.2) is 0 Å². The number of para-hydroxylation sites is 1. The lowest BCUT2D eigenvalue weighted by molar-refractivity contribution is 0.775. The Labute approximate surface area is 112 Å². The molecule has 2 rings (SSSR count). The summed E-state index contributed by atoms with van der Waals surface area (Å²) in [7, 11) is 1.97. The molecule has 100 valence electrons. The fourth-order valence-corrected chi connectivity index (χ4v) is 1.68. The molecule has 0 bridgehead atoms. The van der Waals surface area contributed by atoms with Crippen molar-refractivity contribution in [2.45, 2.75) is 6.42 Å². The molecular formula is C13H18N6. The smallest absolute Gasteiger partial charge is 0.210 e. The highest BCUT2D eigenvalue weighted by atomic mass is 15.3. The molecule has 19 heavy (non-hydrogen) atoms. The standard InChI is InChI=1S/C13H18N6/c1-19-10-9-15-12(19)7-8-16-13(18-14)17-11-5-3-2-4-6-11/h2-6,9-10H,7-8,14H2,1H3,(H2,16,17,18). The first kappa shape index (κ1) is 13.1. The predicted octanol–water partition coefficient (Wildman–Crippen LogP) is 0.894. The first-order valence-corrected chi connectivity index (χ1v) is 6.09. The summed E-state index contributed by atoms with van der Waals surface area (Å²) in [4.78, 5) is 8.61. The third-order valence-corrected chi connectivity index (χ3v) is 2.70. The molecule has 0 aliphatic rings. The second-order valence-electron chi connectivity index (χ2n) is 4.07. The van der Waals surface area contributed by atoms with Gasteiger partial charge in [0.2, 0.25) is 5.96 Å². The molecule has 0 amide bonds. The van der Waals surface area contributed by atoms with E-state index >= 15 is 0 Å². The highest BCUT2D eigenvalue weighted by Crippen LogP contribution is 2.04. The summed E-state index contributed by atoms with van der Waals surface area (Å²) < 4.78 is 1.98. The summed E-state index contributed by atoms with van der Waals surface area (Å²) in [6.07, 6.45) is 4.47. The number of hydrogen-bond acceptors (Lipinski definition) is 3. The van der Waals surface area contributed by atoms with Crippen LogP contribution < -0.4 is 16.6 Å². The number of nitrogens with zero attached hydrogens (tertiary/aromatic N) is 3. The molecule has 6 nitrogen and oxygen atoms in total. The Morgan fingerprint density at radius 3 is 2.79 bits per heavy atom. The predicted molar refractivity (Wildman–Crippen MR) is 76.6 cm³/mol. The molecule has 1 aromatic carbocycles. The number of benzene rings is 1. The first-order chi connectivity index (χ1) is 9.29. The molecule has 0 saturated carbocycles. The molecule has 4 N–H and O–H groups in total. The average molecular weight is 258 g/mol. The normalized spacial score (nSPS) is 11.4. The number of aryl methyl sites for hydroxylation is 1. The molecular weight excluding hydrogens is 240 g/mol. The highest BCUT2D eigenvalue weighted by Gasteiger charge is 2.00. The van der Waals surface area contributed by atoms with E-state index in [2.05, 4.69) is 20.7 Å². The molecule has 0 fully saturated rings. The van der Waals surface area contributed by atoms with Gasteiger partial charge in [0.25, 0.3) is 0 Å². The van der Waals surface area contributed by atoms with Crippen molar-refractivity contribution in [1.29, 1.82) is 0 Å². The van der Waals surface area contributed by atoms with Crippen LogP contribution in [0.1, 0.15) is 5.82 Å². The summed E-state index contributed by atoms with van der Waals surface area (Å²) in [5.41, 5.74) is 3.50. The minimum absolute atomic E-state index is 0.542. The van der Waals surface area contributed by atoms with Gasteiger partial charge in [0.1, 0.15) is 5.82 Å². The molecule has 2 aromatic rings. The lowest BCUT2D eigenvalue weighted by atomic mass is 10.3. The van der Waals surface area contributed by atoms with E-state index in [0.717, 1.165) is 17.9 Å². The van der Waals surface area contributed by atoms with Crippen molar-refractivity contribution in [3.05, 3.63) is 48.5 Å². The van der Waals surface area contributed by atoms with Gasteiger partial charge in [-0.25, -0.2) is 10.8 Å². The first-order valence-electron chi connectivity index (χ1n) is 6.09. The molecule has 0 unspecified atom stereocenters. The van der Waals surface area contributed by atoms with Crippen molar-refractivity contribution in [3.63, 3.8) is 0 Å². The fraction of sp³-hybridized carbons (Fsp3) is 0.231. The Morgan fingerprint density at radius 2 is 2.16 bits per heavy atom. The van der Waals surface area contributed by atoms with Gasteiger partial charge in [-0.05, 0) is 12.1 Å². The van der Waals surface area contributed by atoms with Crippen molar-refractivity contribution < 1.29 is 0 Å². The minimum Gasteiger partial charge on any atom is -0.338 e. The van der Waals surface area contributed by atoms with E-state index in [-0.39, 0.29) is 0 Å². The van der Waals surface area contributed by atoms with Crippen molar-refractivity contribution in [3.8, 4) is 0 Å². The largest absolute Gasteiger partial charge is 0.338 e. The summed E-state index contributed by atoms with van der Waals surface area (Å²) in [6.45, 7) is 0.615. The highest BCUT2D eigenvalue weighted by molar-refractivity contribution is 5.93. The number of imidazole rings is 1. The Morgan fingerprint density at radius 1 is 1.37 bits per heavy atom. The van der Waals surface area contributed by atoms with E-state index in [1.54, 1.807) is 6.20 Å². The average Bonchev–Trinajstić information content (AvgIpc) is 2.84. The quantitative estimate of drug-likeness (QED) is 0.329. The summed E-state index contributed by atoms with van der Waals surface area (Å²) in [6, 6.07) is 9.75. The molecule has 0 atom stereocenters. The Kier molecular flexibility index (Phi) is 4.52. The van der Waals surface area contributed by atoms with Crippen LogP contribution in [-0.4, -0.2) is 22.1 Å². The van der Waals surface area contributed by atoms with Gasteiger partial charge in [-0.3, -0.25) is 10.4 Å². The molecule has 0 radical (unpaired) electrons. The minimum atomic E-state index is 0.542. The molecule has 0 saturated heterocycles. The summed E-state index contributed by atoms with van der Waals surface area (Å²) in [5.74, 6) is 6.99. The van der Waals surface area contributed by atoms with Gasteiger partial charge in [-0.15, -0.1) is 0 Å². The number of aliphatic imine (C=N–C) groups is 1. The van der Waals surface area contributed by atoms with Crippen molar-refractivity contribution in [2.24, 2.45) is 17.9 Å². The third kappa shape index (κ3) is 3.82. The topological polar surface area (TPSA) is 80.3 Å². The monoisotopic (exact) mass is 258 g/mol. The number of aromatic nitrogens is 2. The zero-order chi connectivity index (χ0) is 13.5. The van der Waals surface area contributed by atoms with Gasteiger partial charge in [0.05, 0.1) is 0 Å². The van der Waals surface area contributed by atoms with E-state index in [1.165, 1.54) is 0 Å². The summed E-state index contributed by atoms with van der Waals surface area (Å²) >= 11 is 0. The number of hydrogen-bond donors (Lipinski definition) is 3. The van der Waals surface area contributed by atoms with Crippen LogP contribution in [0.4, 0.5) is 5.69 Å². The number of anilines is 1. The maximum Gasteiger partial charge on any atom is 0.210 e. The summed E-state index contributed by atoms with van der Waals surface area (Å²) in [5, 5.41) is 3.11. The van der Waals surface area contributed by atoms with Crippen LogP contribution in [-0.2, 0) is 13.5 Å².